The highest BCUT2D eigenvalue weighted by Gasteiger charge is 2.43. The Morgan fingerprint density at radius 2 is 1.85 bits per heavy atom. The smallest absolute Gasteiger partial charge is 0.484 e. The Bertz CT molecular complexity index is 964. The van der Waals surface area contributed by atoms with Gasteiger partial charge in [-0.05, 0) is 37.1 Å². The van der Waals surface area contributed by atoms with E-state index < -0.39 is 42.4 Å². The van der Waals surface area contributed by atoms with E-state index in [4.69, 9.17) is 18.6 Å². The predicted molar refractivity (Wildman–Crippen MR) is 105 cm³/mol. The van der Waals surface area contributed by atoms with Gasteiger partial charge in [0.25, 0.3) is 5.91 Å². The SMILES string of the molecule is CO[C@H]1C[C@H](c2nnc(C3CC(OC(F)(F)F)C3)o2)OC[C@H]1NC(=O)COc1ccc(F)cc1. The third kappa shape index (κ3) is 6.21. The molecule has 13 heteroatoms. The van der Waals surface area contributed by atoms with Crippen LogP contribution in [0.25, 0.3) is 0 Å². The van der Waals surface area contributed by atoms with Crippen LogP contribution in [0.15, 0.2) is 28.7 Å². The normalized spacial score (nSPS) is 27.1. The molecule has 1 saturated carbocycles. The number of aromatic nitrogens is 2. The van der Waals surface area contributed by atoms with Gasteiger partial charge in [0.2, 0.25) is 11.8 Å². The quantitative estimate of drug-likeness (QED) is 0.565. The molecule has 34 heavy (non-hydrogen) atoms. The molecule has 2 aliphatic rings. The van der Waals surface area contributed by atoms with E-state index in [0.29, 0.717) is 12.2 Å². The maximum atomic E-state index is 12.9. The van der Waals surface area contributed by atoms with Crippen LogP contribution >= 0.6 is 0 Å². The minimum Gasteiger partial charge on any atom is -0.484 e. The highest BCUT2D eigenvalue weighted by Crippen LogP contribution is 2.41. The van der Waals surface area contributed by atoms with E-state index >= 15 is 0 Å². The van der Waals surface area contributed by atoms with Gasteiger partial charge in [0.1, 0.15) is 17.7 Å². The number of rotatable bonds is 8. The lowest BCUT2D eigenvalue weighted by molar-refractivity contribution is -0.352. The molecular formula is C21H23F4N3O6. The van der Waals surface area contributed by atoms with E-state index in [0.717, 1.165) is 0 Å². The highest BCUT2D eigenvalue weighted by atomic mass is 19.4. The van der Waals surface area contributed by atoms with E-state index in [1.54, 1.807) is 0 Å². The van der Waals surface area contributed by atoms with Crippen molar-refractivity contribution in [2.45, 2.75) is 55.9 Å². The lowest BCUT2D eigenvalue weighted by atomic mass is 9.82. The van der Waals surface area contributed by atoms with Crippen LogP contribution in [-0.4, -0.2) is 61.0 Å². The molecule has 3 atom stereocenters. The highest BCUT2D eigenvalue weighted by molar-refractivity contribution is 5.78. The van der Waals surface area contributed by atoms with Crippen molar-refractivity contribution < 1.29 is 45.7 Å². The van der Waals surface area contributed by atoms with E-state index in [1.165, 1.54) is 31.4 Å². The van der Waals surface area contributed by atoms with Crippen molar-refractivity contribution >= 4 is 5.91 Å². The Hall–Kier alpha value is -2.77. The molecule has 4 rings (SSSR count). The number of nitrogens with one attached hydrogen (secondary N) is 1. The number of methoxy groups -OCH3 is 1. The zero-order valence-electron chi connectivity index (χ0n) is 18.1. The van der Waals surface area contributed by atoms with Gasteiger partial charge in [-0.2, -0.15) is 0 Å². The number of benzene rings is 1. The van der Waals surface area contributed by atoms with Crippen molar-refractivity contribution in [3.63, 3.8) is 0 Å². The summed E-state index contributed by atoms with van der Waals surface area (Å²) in [5, 5.41) is 10.7. The van der Waals surface area contributed by atoms with Crippen LogP contribution in [0.2, 0.25) is 0 Å². The zero-order valence-corrected chi connectivity index (χ0v) is 18.1. The van der Waals surface area contributed by atoms with Crippen molar-refractivity contribution in [1.82, 2.24) is 15.5 Å². The maximum absolute atomic E-state index is 12.9. The molecule has 1 N–H and O–H groups in total. The first-order valence-corrected chi connectivity index (χ1v) is 10.6. The largest absolute Gasteiger partial charge is 0.522 e. The lowest BCUT2D eigenvalue weighted by Gasteiger charge is -2.34. The van der Waals surface area contributed by atoms with E-state index in [-0.39, 0.29) is 43.8 Å². The summed E-state index contributed by atoms with van der Waals surface area (Å²) in [6, 6.07) is 4.83. The Labute approximate surface area is 191 Å². The lowest BCUT2D eigenvalue weighted by Crippen LogP contribution is -2.51. The van der Waals surface area contributed by atoms with Crippen molar-refractivity contribution in [3.05, 3.63) is 41.9 Å². The zero-order chi connectivity index (χ0) is 24.3. The summed E-state index contributed by atoms with van der Waals surface area (Å²) in [5.41, 5.74) is 0. The minimum absolute atomic E-state index is 0.105. The number of carbonyl (C=O) groups is 1. The molecule has 2 aromatic rings. The molecule has 186 valence electrons. The molecule has 0 unspecified atom stereocenters. The van der Waals surface area contributed by atoms with Crippen LogP contribution in [0.4, 0.5) is 17.6 Å². The third-order valence-electron chi connectivity index (χ3n) is 5.68. The van der Waals surface area contributed by atoms with Gasteiger partial charge < -0.3 is 23.9 Å². The fraction of sp³-hybridized carbons (Fsp3) is 0.571. The fourth-order valence-corrected chi connectivity index (χ4v) is 3.86. The number of halogens is 4. The van der Waals surface area contributed by atoms with Crippen molar-refractivity contribution in [2.75, 3.05) is 20.3 Å². The summed E-state index contributed by atoms with van der Waals surface area (Å²) in [4.78, 5) is 12.3. The number of carbonyl (C=O) groups excluding carboxylic acids is 1. The van der Waals surface area contributed by atoms with Gasteiger partial charge in [-0.1, -0.05) is 0 Å². The average Bonchev–Trinajstić information content (AvgIpc) is 3.25. The molecule has 9 nitrogen and oxygen atoms in total. The Kier molecular flexibility index (Phi) is 7.33. The van der Waals surface area contributed by atoms with Crippen LogP contribution in [0, 0.1) is 5.82 Å². The monoisotopic (exact) mass is 489 g/mol. The van der Waals surface area contributed by atoms with Gasteiger partial charge >= 0.3 is 6.36 Å². The average molecular weight is 489 g/mol. The molecular weight excluding hydrogens is 466 g/mol. The summed E-state index contributed by atoms with van der Waals surface area (Å²) >= 11 is 0. The van der Waals surface area contributed by atoms with Gasteiger partial charge in [0, 0.05) is 19.4 Å². The first-order valence-electron chi connectivity index (χ1n) is 10.6. The van der Waals surface area contributed by atoms with E-state index in [1.807, 2.05) is 0 Å². The molecule has 1 aromatic heterocycles. The molecule has 1 amide bonds. The van der Waals surface area contributed by atoms with Gasteiger partial charge in [-0.25, -0.2) is 4.39 Å². The number of nitrogens with zero attached hydrogens (tertiary/aromatic N) is 2. The summed E-state index contributed by atoms with van der Waals surface area (Å²) in [5.74, 6) is -0.323. The van der Waals surface area contributed by atoms with Crippen LogP contribution < -0.4 is 10.1 Å². The van der Waals surface area contributed by atoms with Crippen molar-refractivity contribution in [1.29, 1.82) is 0 Å². The minimum atomic E-state index is -4.67. The number of hydrogen-bond donors (Lipinski definition) is 1. The molecule has 2 heterocycles. The molecule has 1 aliphatic carbocycles. The Balaban J connectivity index is 1.25. The second kappa shape index (κ2) is 10.2. The van der Waals surface area contributed by atoms with Gasteiger partial charge in [0.05, 0.1) is 24.9 Å². The number of amides is 1. The standard InChI is InChI=1S/C21H23F4N3O6/c1-30-16-8-17(20-28-27-19(33-20)11-6-14(7-11)34-21(23,24)25)32-9-15(16)26-18(29)10-31-13-4-2-12(22)3-5-13/h2-5,11,14-17H,6-10H2,1H3,(H,26,29)/t11?,14?,15-,16+,17-/m1/s1. The van der Waals surface area contributed by atoms with E-state index in [2.05, 4.69) is 20.3 Å². The first kappa shape index (κ1) is 24.4. The number of ether oxygens (including phenoxy) is 4. The Morgan fingerprint density at radius 1 is 1.15 bits per heavy atom. The fourth-order valence-electron chi connectivity index (χ4n) is 3.86. The molecule has 0 radical (unpaired) electrons. The summed E-state index contributed by atoms with van der Waals surface area (Å²) < 4.78 is 76.0. The summed E-state index contributed by atoms with van der Waals surface area (Å²) in [7, 11) is 1.50. The third-order valence-corrected chi connectivity index (χ3v) is 5.68. The van der Waals surface area contributed by atoms with Gasteiger partial charge in [-0.15, -0.1) is 23.4 Å². The van der Waals surface area contributed by atoms with Crippen LogP contribution in [-0.2, 0) is 19.0 Å². The van der Waals surface area contributed by atoms with Gasteiger partial charge in [-0.3, -0.25) is 9.53 Å². The van der Waals surface area contributed by atoms with Crippen LogP contribution in [0.1, 0.15) is 43.1 Å². The van der Waals surface area contributed by atoms with Crippen LogP contribution in [0.5, 0.6) is 5.75 Å². The summed E-state index contributed by atoms with van der Waals surface area (Å²) in [6.07, 6.45) is -6.00. The van der Waals surface area contributed by atoms with Crippen molar-refractivity contribution in [2.24, 2.45) is 0 Å². The molecule has 1 aromatic carbocycles. The Morgan fingerprint density at radius 3 is 2.53 bits per heavy atom. The summed E-state index contributed by atoms with van der Waals surface area (Å²) in [6.45, 7) is -0.163. The second-order valence-electron chi connectivity index (χ2n) is 8.08. The number of alkyl halides is 3. The molecule has 0 bridgehead atoms. The molecule has 1 saturated heterocycles. The number of hydrogen-bond acceptors (Lipinski definition) is 8. The maximum Gasteiger partial charge on any atom is 0.522 e. The van der Waals surface area contributed by atoms with Crippen molar-refractivity contribution in [3.8, 4) is 5.75 Å². The van der Waals surface area contributed by atoms with Gasteiger partial charge in [0.15, 0.2) is 6.61 Å². The predicted octanol–water partition coefficient (Wildman–Crippen LogP) is 3.03. The molecule has 0 spiro atoms. The van der Waals surface area contributed by atoms with Crippen LogP contribution in [0.3, 0.4) is 0 Å². The second-order valence-corrected chi connectivity index (χ2v) is 8.08. The van der Waals surface area contributed by atoms with E-state index in [9.17, 15) is 22.4 Å². The molecule has 1 aliphatic heterocycles. The topological polar surface area (TPSA) is 105 Å². The first-order chi connectivity index (χ1) is 16.2. The molecule has 2 fully saturated rings.